The zero-order chi connectivity index (χ0) is 13.1. The van der Waals surface area contributed by atoms with E-state index in [0.29, 0.717) is 11.7 Å². The highest BCUT2D eigenvalue weighted by molar-refractivity contribution is 9.11. The summed E-state index contributed by atoms with van der Waals surface area (Å²) in [4.78, 5) is 4.57. The Morgan fingerprint density at radius 2 is 1.89 bits per heavy atom. The van der Waals surface area contributed by atoms with E-state index in [1.54, 1.807) is 0 Å². The Hall–Kier alpha value is -0.390. The predicted molar refractivity (Wildman–Crippen MR) is 82.1 cm³/mol. The zero-order valence-corrected chi connectivity index (χ0v) is 13.1. The quantitative estimate of drug-likeness (QED) is 0.613. The Balaban J connectivity index is 2.09. The number of aliphatic hydroxyl groups is 1. The number of rotatable bonds is 2. The van der Waals surface area contributed by atoms with Gasteiger partial charge in [-0.2, -0.15) is 0 Å². The Morgan fingerprint density at radius 1 is 1.22 bits per heavy atom. The molecule has 0 radical (unpaired) electrons. The number of nitrogens with zero attached hydrogens (tertiary/aromatic N) is 1. The lowest BCUT2D eigenvalue weighted by Gasteiger charge is -2.22. The largest absolute Gasteiger partial charge is 0.397 e. The van der Waals surface area contributed by atoms with Crippen LogP contribution in [0, 0.1) is 0 Å². The van der Waals surface area contributed by atoms with Crippen molar-refractivity contribution in [2.45, 2.75) is 37.8 Å². The third kappa shape index (κ3) is 3.56. The van der Waals surface area contributed by atoms with Crippen LogP contribution in [0.4, 0.5) is 5.69 Å². The van der Waals surface area contributed by atoms with Crippen molar-refractivity contribution < 1.29 is 5.11 Å². The van der Waals surface area contributed by atoms with E-state index in [1.807, 2.05) is 18.3 Å². The normalized spacial score (nSPS) is 24.6. The number of aliphatic hydroxyl groups excluding tert-OH is 1. The van der Waals surface area contributed by atoms with Gasteiger partial charge in [0.2, 0.25) is 0 Å². The number of hydrogen-bond acceptors (Lipinski definition) is 3. The maximum Gasteiger partial charge on any atom is 0.0548 e. The van der Waals surface area contributed by atoms with Gasteiger partial charge in [-0.25, -0.2) is 0 Å². The molecule has 0 spiro atoms. The first-order chi connectivity index (χ1) is 8.56. The lowest BCUT2D eigenvalue weighted by Crippen LogP contribution is -2.20. The molecule has 0 saturated heterocycles. The second kappa shape index (κ2) is 6.17. The molecule has 1 saturated carbocycles. The van der Waals surface area contributed by atoms with Gasteiger partial charge in [-0.05, 0) is 53.7 Å². The topological polar surface area (TPSA) is 58.6 Å². The van der Waals surface area contributed by atoms with E-state index in [1.165, 1.54) is 0 Å². The molecule has 0 heterocycles. The lowest BCUT2D eigenvalue weighted by molar-refractivity contribution is 0.123. The van der Waals surface area contributed by atoms with Gasteiger partial charge in [0.1, 0.15) is 0 Å². The Bertz CT molecular complexity index is 455. The predicted octanol–water partition coefficient (Wildman–Crippen LogP) is 3.52. The first kappa shape index (κ1) is 14.0. The molecule has 1 aliphatic rings. The maximum atomic E-state index is 9.44. The molecule has 18 heavy (non-hydrogen) atoms. The zero-order valence-electron chi connectivity index (χ0n) is 9.94. The summed E-state index contributed by atoms with van der Waals surface area (Å²) in [7, 11) is 0. The highest BCUT2D eigenvalue weighted by atomic mass is 79.9. The minimum absolute atomic E-state index is 0.137. The third-order valence-electron chi connectivity index (χ3n) is 3.22. The van der Waals surface area contributed by atoms with Crippen LogP contribution >= 0.6 is 31.9 Å². The average molecular weight is 376 g/mol. The smallest absolute Gasteiger partial charge is 0.0548 e. The summed E-state index contributed by atoms with van der Waals surface area (Å²) in [5.41, 5.74) is 7.62. The Kier molecular flexibility index (Phi) is 4.81. The fraction of sp³-hybridized carbons (Fsp3) is 0.462. The standard InChI is InChI=1S/C13H16Br2N2O/c14-9-5-8(13(16)12(15)6-9)7-17-10-1-3-11(18)4-2-10/h5-7,10-11,18H,1-4,16H2/b17-7+. The number of anilines is 1. The van der Waals surface area contributed by atoms with Crippen LogP contribution in [0.15, 0.2) is 26.1 Å². The SMILES string of the molecule is Nc1c(Br)cc(Br)cc1/C=N/C1CCC(O)CC1. The van der Waals surface area contributed by atoms with E-state index in [0.717, 1.165) is 40.2 Å². The van der Waals surface area contributed by atoms with E-state index in [2.05, 4.69) is 36.9 Å². The van der Waals surface area contributed by atoms with Crippen molar-refractivity contribution in [1.82, 2.24) is 0 Å². The summed E-state index contributed by atoms with van der Waals surface area (Å²) < 4.78 is 1.85. The molecule has 0 bridgehead atoms. The average Bonchev–Trinajstić information content (AvgIpc) is 2.34. The van der Waals surface area contributed by atoms with Gasteiger partial charge in [0.15, 0.2) is 0 Å². The van der Waals surface area contributed by atoms with Crippen molar-refractivity contribution in [3.8, 4) is 0 Å². The van der Waals surface area contributed by atoms with Crippen LogP contribution in [0.25, 0.3) is 0 Å². The van der Waals surface area contributed by atoms with Crippen molar-refractivity contribution in [3.63, 3.8) is 0 Å². The first-order valence-electron chi connectivity index (χ1n) is 6.02. The fourth-order valence-electron chi connectivity index (χ4n) is 2.10. The van der Waals surface area contributed by atoms with Crippen LogP contribution in [0.1, 0.15) is 31.2 Å². The van der Waals surface area contributed by atoms with Crippen LogP contribution in [0.5, 0.6) is 0 Å². The molecule has 98 valence electrons. The summed E-state index contributed by atoms with van der Waals surface area (Å²) in [5, 5.41) is 9.44. The molecule has 3 N–H and O–H groups in total. The molecule has 1 aromatic rings. The summed E-state index contributed by atoms with van der Waals surface area (Å²) in [6.07, 6.45) is 5.30. The van der Waals surface area contributed by atoms with Crippen molar-refractivity contribution in [3.05, 3.63) is 26.6 Å². The molecule has 5 heteroatoms. The monoisotopic (exact) mass is 374 g/mol. The van der Waals surface area contributed by atoms with Crippen LogP contribution in [0.3, 0.4) is 0 Å². The highest BCUT2D eigenvalue weighted by Gasteiger charge is 2.18. The molecule has 1 fully saturated rings. The minimum atomic E-state index is -0.137. The van der Waals surface area contributed by atoms with Crippen LogP contribution in [-0.4, -0.2) is 23.5 Å². The number of halogens is 2. The molecule has 2 rings (SSSR count). The van der Waals surface area contributed by atoms with Gasteiger partial charge in [0.25, 0.3) is 0 Å². The summed E-state index contributed by atoms with van der Waals surface area (Å²) >= 11 is 6.86. The van der Waals surface area contributed by atoms with E-state index in [4.69, 9.17) is 5.73 Å². The van der Waals surface area contributed by atoms with Crippen molar-refractivity contribution >= 4 is 43.8 Å². The van der Waals surface area contributed by atoms with Gasteiger partial charge in [-0.1, -0.05) is 15.9 Å². The first-order valence-corrected chi connectivity index (χ1v) is 7.60. The fourth-order valence-corrected chi connectivity index (χ4v) is 3.36. The molecular formula is C13H16Br2N2O. The highest BCUT2D eigenvalue weighted by Crippen LogP contribution is 2.28. The van der Waals surface area contributed by atoms with E-state index in [-0.39, 0.29) is 6.10 Å². The second-order valence-electron chi connectivity index (χ2n) is 4.63. The maximum absolute atomic E-state index is 9.44. The molecule has 1 aromatic carbocycles. The van der Waals surface area contributed by atoms with Crippen molar-refractivity contribution in [2.75, 3.05) is 5.73 Å². The summed E-state index contributed by atoms with van der Waals surface area (Å²) in [5.74, 6) is 0. The molecule has 0 aromatic heterocycles. The second-order valence-corrected chi connectivity index (χ2v) is 6.40. The van der Waals surface area contributed by atoms with E-state index in [9.17, 15) is 5.11 Å². The molecule has 0 unspecified atom stereocenters. The summed E-state index contributed by atoms with van der Waals surface area (Å²) in [6.45, 7) is 0. The number of hydrogen-bond donors (Lipinski definition) is 2. The van der Waals surface area contributed by atoms with Gasteiger partial charge >= 0.3 is 0 Å². The molecule has 0 aliphatic heterocycles. The number of nitrogen functional groups attached to an aromatic ring is 1. The number of benzene rings is 1. The van der Waals surface area contributed by atoms with Crippen molar-refractivity contribution in [2.24, 2.45) is 4.99 Å². The molecule has 0 atom stereocenters. The number of aliphatic imine (C=N–C) groups is 1. The van der Waals surface area contributed by atoms with Gasteiger partial charge < -0.3 is 10.8 Å². The minimum Gasteiger partial charge on any atom is -0.397 e. The van der Waals surface area contributed by atoms with Gasteiger partial charge in [0.05, 0.1) is 17.8 Å². The van der Waals surface area contributed by atoms with Crippen LogP contribution in [-0.2, 0) is 0 Å². The Morgan fingerprint density at radius 3 is 2.56 bits per heavy atom. The summed E-state index contributed by atoms with van der Waals surface area (Å²) in [6, 6.07) is 4.19. The van der Waals surface area contributed by atoms with E-state index < -0.39 is 0 Å². The lowest BCUT2D eigenvalue weighted by atomic mass is 9.93. The third-order valence-corrected chi connectivity index (χ3v) is 4.33. The van der Waals surface area contributed by atoms with E-state index >= 15 is 0 Å². The molecule has 0 amide bonds. The Labute approximate surface area is 124 Å². The van der Waals surface area contributed by atoms with Crippen LogP contribution < -0.4 is 5.73 Å². The van der Waals surface area contributed by atoms with Gasteiger partial charge in [-0.15, -0.1) is 0 Å². The van der Waals surface area contributed by atoms with Gasteiger partial charge in [0, 0.05) is 20.7 Å². The molecule has 3 nitrogen and oxygen atoms in total. The van der Waals surface area contributed by atoms with Gasteiger partial charge in [-0.3, -0.25) is 4.99 Å². The van der Waals surface area contributed by atoms with Crippen LogP contribution in [0.2, 0.25) is 0 Å². The van der Waals surface area contributed by atoms with Crippen molar-refractivity contribution in [1.29, 1.82) is 0 Å². The molecular weight excluding hydrogens is 360 g/mol. The molecule has 1 aliphatic carbocycles. The number of nitrogens with two attached hydrogens (primary N) is 1.